The van der Waals surface area contributed by atoms with Crippen LogP contribution in [0, 0.1) is 0 Å². The highest BCUT2D eigenvalue weighted by atomic mass is 32.1. The van der Waals surface area contributed by atoms with Gasteiger partial charge in [0.1, 0.15) is 10.8 Å². The molecule has 0 saturated carbocycles. The number of nitrogens with zero attached hydrogens (tertiary/aromatic N) is 1. The third kappa shape index (κ3) is 3.93. The predicted octanol–water partition coefficient (Wildman–Crippen LogP) is 3.21. The molecule has 1 aromatic carbocycles. The summed E-state index contributed by atoms with van der Waals surface area (Å²) in [6, 6.07) is 5.64. The van der Waals surface area contributed by atoms with E-state index in [0.29, 0.717) is 13.0 Å². The summed E-state index contributed by atoms with van der Waals surface area (Å²) >= 11 is 1.43. The van der Waals surface area contributed by atoms with E-state index >= 15 is 0 Å². The van der Waals surface area contributed by atoms with E-state index in [1.54, 1.807) is 12.1 Å². The van der Waals surface area contributed by atoms with Gasteiger partial charge in [-0.3, -0.25) is 0 Å². The SMILES string of the molecule is NCCc1csc(-c2ccc(OC(F)(F)F)cc2)n1. The highest BCUT2D eigenvalue weighted by Crippen LogP contribution is 2.28. The minimum absolute atomic E-state index is 0.241. The van der Waals surface area contributed by atoms with Crippen LogP contribution in [0.3, 0.4) is 0 Å². The van der Waals surface area contributed by atoms with E-state index in [9.17, 15) is 13.2 Å². The molecule has 0 bridgehead atoms. The number of ether oxygens (including phenoxy) is 1. The first-order valence-electron chi connectivity index (χ1n) is 5.48. The standard InChI is InChI=1S/C12H11F3N2OS/c13-12(14,15)18-10-3-1-8(2-4-10)11-17-9(5-6-16)7-19-11/h1-4,7H,5-6,16H2. The van der Waals surface area contributed by atoms with Crippen LogP contribution in [0.5, 0.6) is 5.75 Å². The number of aromatic nitrogens is 1. The maximum absolute atomic E-state index is 12.0. The number of rotatable bonds is 4. The smallest absolute Gasteiger partial charge is 0.406 e. The van der Waals surface area contributed by atoms with Crippen LogP contribution in [-0.2, 0) is 6.42 Å². The van der Waals surface area contributed by atoms with E-state index in [0.717, 1.165) is 16.3 Å². The molecule has 0 saturated heterocycles. The second-order valence-corrected chi connectivity index (χ2v) is 4.61. The molecule has 0 amide bonds. The molecule has 0 spiro atoms. The summed E-state index contributed by atoms with van der Waals surface area (Å²) in [6.07, 6.45) is -3.98. The Morgan fingerprint density at radius 3 is 2.47 bits per heavy atom. The van der Waals surface area contributed by atoms with Gasteiger partial charge in [-0.15, -0.1) is 24.5 Å². The molecular weight excluding hydrogens is 277 g/mol. The molecule has 0 unspecified atom stereocenters. The zero-order valence-corrected chi connectivity index (χ0v) is 10.6. The van der Waals surface area contributed by atoms with Crippen molar-refractivity contribution in [3.05, 3.63) is 35.3 Å². The second-order valence-electron chi connectivity index (χ2n) is 3.75. The normalized spacial score (nSPS) is 11.6. The van der Waals surface area contributed by atoms with Crippen LogP contribution in [0.15, 0.2) is 29.6 Å². The Labute approximate surface area is 111 Å². The average molecular weight is 288 g/mol. The average Bonchev–Trinajstić information content (AvgIpc) is 2.77. The first-order chi connectivity index (χ1) is 8.98. The third-order valence-corrected chi connectivity index (χ3v) is 3.23. The third-order valence-electron chi connectivity index (χ3n) is 2.29. The lowest BCUT2D eigenvalue weighted by Crippen LogP contribution is -2.16. The van der Waals surface area contributed by atoms with E-state index in [2.05, 4.69) is 9.72 Å². The van der Waals surface area contributed by atoms with E-state index in [4.69, 9.17) is 5.73 Å². The second kappa shape index (κ2) is 5.58. The fourth-order valence-corrected chi connectivity index (χ4v) is 2.36. The van der Waals surface area contributed by atoms with Gasteiger partial charge in [0, 0.05) is 17.4 Å². The molecule has 2 rings (SSSR count). The monoisotopic (exact) mass is 288 g/mol. The summed E-state index contributed by atoms with van der Waals surface area (Å²) in [7, 11) is 0. The summed E-state index contributed by atoms with van der Waals surface area (Å²) < 4.78 is 39.8. The van der Waals surface area contributed by atoms with E-state index in [1.807, 2.05) is 5.38 Å². The molecule has 102 valence electrons. The quantitative estimate of drug-likeness (QED) is 0.939. The maximum atomic E-state index is 12.0. The van der Waals surface area contributed by atoms with Crippen molar-refractivity contribution in [2.75, 3.05) is 6.54 Å². The fraction of sp³-hybridized carbons (Fsp3) is 0.250. The zero-order chi connectivity index (χ0) is 13.9. The van der Waals surface area contributed by atoms with Gasteiger partial charge in [-0.25, -0.2) is 4.98 Å². The minimum atomic E-state index is -4.67. The van der Waals surface area contributed by atoms with Crippen molar-refractivity contribution in [1.29, 1.82) is 0 Å². The lowest BCUT2D eigenvalue weighted by atomic mass is 10.2. The first kappa shape index (κ1) is 13.8. The summed E-state index contributed by atoms with van der Waals surface area (Å²) in [5.74, 6) is -0.241. The molecule has 0 fully saturated rings. The topological polar surface area (TPSA) is 48.1 Å². The van der Waals surface area contributed by atoms with Crippen molar-refractivity contribution < 1.29 is 17.9 Å². The Bertz CT molecular complexity index is 537. The lowest BCUT2D eigenvalue weighted by molar-refractivity contribution is -0.274. The zero-order valence-electron chi connectivity index (χ0n) is 9.78. The number of benzene rings is 1. The van der Waals surface area contributed by atoms with Gasteiger partial charge in [0.15, 0.2) is 0 Å². The van der Waals surface area contributed by atoms with Crippen LogP contribution in [0.1, 0.15) is 5.69 Å². The highest BCUT2D eigenvalue weighted by Gasteiger charge is 2.30. The van der Waals surface area contributed by atoms with E-state index in [1.165, 1.54) is 23.5 Å². The number of thiazole rings is 1. The van der Waals surface area contributed by atoms with Crippen molar-refractivity contribution in [2.45, 2.75) is 12.8 Å². The van der Waals surface area contributed by atoms with Gasteiger partial charge in [0.05, 0.1) is 5.69 Å². The van der Waals surface area contributed by atoms with Gasteiger partial charge in [-0.1, -0.05) is 0 Å². The largest absolute Gasteiger partial charge is 0.573 e. The number of halogens is 3. The maximum Gasteiger partial charge on any atom is 0.573 e. The molecule has 7 heteroatoms. The molecule has 19 heavy (non-hydrogen) atoms. The van der Waals surface area contributed by atoms with Crippen molar-refractivity contribution in [2.24, 2.45) is 5.73 Å². The molecular formula is C12H11F3N2OS. The summed E-state index contributed by atoms with van der Waals surface area (Å²) in [4.78, 5) is 4.35. The molecule has 3 nitrogen and oxygen atoms in total. The van der Waals surface area contributed by atoms with Gasteiger partial charge < -0.3 is 10.5 Å². The van der Waals surface area contributed by atoms with Crippen LogP contribution < -0.4 is 10.5 Å². The number of alkyl halides is 3. The first-order valence-corrected chi connectivity index (χ1v) is 6.36. The Kier molecular flexibility index (Phi) is 4.06. The van der Waals surface area contributed by atoms with Crippen LogP contribution in [0.4, 0.5) is 13.2 Å². The van der Waals surface area contributed by atoms with Crippen LogP contribution in [0.2, 0.25) is 0 Å². The Balaban J connectivity index is 2.13. The van der Waals surface area contributed by atoms with Crippen LogP contribution >= 0.6 is 11.3 Å². The Morgan fingerprint density at radius 1 is 1.21 bits per heavy atom. The summed E-state index contributed by atoms with van der Waals surface area (Å²) in [5, 5.41) is 2.64. The van der Waals surface area contributed by atoms with E-state index in [-0.39, 0.29) is 5.75 Å². The molecule has 0 aliphatic rings. The molecule has 2 aromatic rings. The summed E-state index contributed by atoms with van der Waals surface area (Å²) in [5.41, 5.74) is 7.07. The molecule has 1 aromatic heterocycles. The molecule has 0 aliphatic carbocycles. The van der Waals surface area contributed by atoms with Crippen molar-refractivity contribution in [1.82, 2.24) is 4.98 Å². The van der Waals surface area contributed by atoms with Gasteiger partial charge >= 0.3 is 6.36 Å². The predicted molar refractivity (Wildman–Crippen MR) is 67.0 cm³/mol. The van der Waals surface area contributed by atoms with Gasteiger partial charge in [-0.05, 0) is 30.8 Å². The molecule has 0 aliphatic heterocycles. The number of hydrogen-bond acceptors (Lipinski definition) is 4. The number of hydrogen-bond donors (Lipinski definition) is 1. The van der Waals surface area contributed by atoms with Gasteiger partial charge in [-0.2, -0.15) is 0 Å². The van der Waals surface area contributed by atoms with Crippen molar-refractivity contribution in [3.63, 3.8) is 0 Å². The van der Waals surface area contributed by atoms with Crippen molar-refractivity contribution >= 4 is 11.3 Å². The van der Waals surface area contributed by atoms with Crippen LogP contribution in [0.25, 0.3) is 10.6 Å². The Hall–Kier alpha value is -1.60. The van der Waals surface area contributed by atoms with Crippen molar-refractivity contribution in [3.8, 4) is 16.3 Å². The Morgan fingerprint density at radius 2 is 1.89 bits per heavy atom. The molecule has 1 heterocycles. The van der Waals surface area contributed by atoms with Gasteiger partial charge in [0.2, 0.25) is 0 Å². The van der Waals surface area contributed by atoms with Gasteiger partial charge in [0.25, 0.3) is 0 Å². The fourth-order valence-electron chi connectivity index (χ4n) is 1.50. The molecule has 0 radical (unpaired) electrons. The number of nitrogens with two attached hydrogens (primary N) is 1. The highest BCUT2D eigenvalue weighted by molar-refractivity contribution is 7.13. The van der Waals surface area contributed by atoms with E-state index < -0.39 is 6.36 Å². The molecule has 2 N–H and O–H groups in total. The lowest BCUT2D eigenvalue weighted by Gasteiger charge is -2.08. The van der Waals surface area contributed by atoms with Crippen LogP contribution in [-0.4, -0.2) is 17.9 Å². The minimum Gasteiger partial charge on any atom is -0.406 e. The molecule has 0 atom stereocenters. The summed E-state index contributed by atoms with van der Waals surface area (Å²) in [6.45, 7) is 0.515.